The largest absolute Gasteiger partial charge is 0.383 e. The second kappa shape index (κ2) is 9.20. The van der Waals surface area contributed by atoms with E-state index in [1.807, 2.05) is 0 Å². The van der Waals surface area contributed by atoms with E-state index in [0.29, 0.717) is 24.3 Å². The lowest BCUT2D eigenvalue weighted by Crippen LogP contribution is -2.37. The van der Waals surface area contributed by atoms with Crippen LogP contribution in [-0.4, -0.2) is 49.7 Å². The number of hydrogen-bond acceptors (Lipinski definition) is 5. The molecule has 0 radical (unpaired) electrons. The molecule has 0 saturated heterocycles. The minimum absolute atomic E-state index is 0.0219. The first-order valence-corrected chi connectivity index (χ1v) is 7.79. The first kappa shape index (κ1) is 16.3. The fraction of sp³-hybridized carbons (Fsp3) is 0.846. The van der Waals surface area contributed by atoms with Crippen LogP contribution >= 0.6 is 11.8 Å². The smallest absolute Gasteiger partial charge is 0.239 e. The third-order valence-corrected chi connectivity index (χ3v) is 4.61. The van der Waals surface area contributed by atoms with Crippen LogP contribution in [0.15, 0.2) is 4.99 Å². The normalized spacial score (nSPS) is 18.5. The minimum atomic E-state index is -0.0219. The topological polar surface area (TPSA) is 62.7 Å². The molecular weight excluding hydrogens is 262 g/mol. The molecule has 110 valence electrons. The number of hydrogen-bond donors (Lipinski definition) is 2. The molecule has 1 rings (SSSR count). The van der Waals surface area contributed by atoms with Crippen LogP contribution in [0.5, 0.6) is 0 Å². The van der Waals surface area contributed by atoms with Gasteiger partial charge in [-0.05, 0) is 5.92 Å². The van der Waals surface area contributed by atoms with Crippen LogP contribution in [0, 0.1) is 5.92 Å². The quantitative estimate of drug-likeness (QED) is 0.660. The lowest BCUT2D eigenvalue weighted by Gasteiger charge is -2.18. The number of nitrogens with one attached hydrogen (secondary N) is 2. The van der Waals surface area contributed by atoms with Gasteiger partial charge in [0.05, 0.1) is 19.7 Å². The van der Waals surface area contributed by atoms with Crippen molar-refractivity contribution in [3.63, 3.8) is 0 Å². The lowest BCUT2D eigenvalue weighted by atomic mass is 9.99. The summed E-state index contributed by atoms with van der Waals surface area (Å²) < 4.78 is 4.87. The monoisotopic (exact) mass is 287 g/mol. The predicted molar refractivity (Wildman–Crippen MR) is 80.6 cm³/mol. The molecule has 1 aliphatic rings. The van der Waals surface area contributed by atoms with Crippen molar-refractivity contribution < 1.29 is 9.53 Å². The first-order chi connectivity index (χ1) is 9.21. The van der Waals surface area contributed by atoms with Crippen LogP contribution in [0.25, 0.3) is 0 Å². The van der Waals surface area contributed by atoms with Gasteiger partial charge in [0.15, 0.2) is 5.17 Å². The Bertz CT molecular complexity index is 306. The molecule has 1 heterocycles. The summed E-state index contributed by atoms with van der Waals surface area (Å²) in [6.45, 7) is 6.69. The highest BCUT2D eigenvalue weighted by molar-refractivity contribution is 8.14. The van der Waals surface area contributed by atoms with Crippen molar-refractivity contribution in [2.24, 2.45) is 10.9 Å². The molecule has 2 N–H and O–H groups in total. The number of nitrogens with zero attached hydrogens (tertiary/aromatic N) is 1. The van der Waals surface area contributed by atoms with Gasteiger partial charge >= 0.3 is 0 Å². The summed E-state index contributed by atoms with van der Waals surface area (Å²) in [6.07, 6.45) is 2.38. The number of carbonyl (C=O) groups is 1. The van der Waals surface area contributed by atoms with E-state index in [1.165, 1.54) is 12.8 Å². The Hall–Kier alpha value is -0.750. The number of methoxy groups -OCH3 is 1. The lowest BCUT2D eigenvalue weighted by molar-refractivity contribution is -0.120. The first-order valence-electron chi connectivity index (χ1n) is 6.91. The number of thioether (sulfide) groups is 1. The van der Waals surface area contributed by atoms with Gasteiger partial charge in [0.1, 0.15) is 0 Å². The summed E-state index contributed by atoms with van der Waals surface area (Å²) in [6, 6.07) is 0. The van der Waals surface area contributed by atoms with Gasteiger partial charge in [-0.15, -0.1) is 0 Å². The Balaban J connectivity index is 2.19. The number of rotatable bonds is 8. The maximum absolute atomic E-state index is 11.5. The molecule has 0 spiro atoms. The third kappa shape index (κ3) is 5.82. The Morgan fingerprint density at radius 2 is 2.26 bits per heavy atom. The highest BCUT2D eigenvalue weighted by Crippen LogP contribution is 2.30. The van der Waals surface area contributed by atoms with E-state index in [9.17, 15) is 4.79 Å². The van der Waals surface area contributed by atoms with Crippen LogP contribution in [0.3, 0.4) is 0 Å². The van der Waals surface area contributed by atoms with Gasteiger partial charge in [-0.2, -0.15) is 0 Å². The average molecular weight is 287 g/mol. The Morgan fingerprint density at radius 1 is 1.53 bits per heavy atom. The van der Waals surface area contributed by atoms with Gasteiger partial charge in [-0.25, -0.2) is 0 Å². The Kier molecular flexibility index (Phi) is 7.90. The fourth-order valence-corrected chi connectivity index (χ4v) is 3.38. The van der Waals surface area contributed by atoms with E-state index in [1.54, 1.807) is 18.9 Å². The molecule has 1 unspecified atom stereocenters. The standard InChI is InChI=1S/C13H25N3O2S/c1-4-10(5-2)11-8-15-13(19-11)16-9-12(17)14-6-7-18-3/h10-11H,4-9H2,1-3H3,(H,14,17)(H,15,16). The molecule has 0 aromatic carbocycles. The van der Waals surface area contributed by atoms with Crippen LogP contribution in [0.2, 0.25) is 0 Å². The maximum Gasteiger partial charge on any atom is 0.239 e. The van der Waals surface area contributed by atoms with Crippen LogP contribution < -0.4 is 10.6 Å². The van der Waals surface area contributed by atoms with Crippen LogP contribution in [0.1, 0.15) is 26.7 Å². The number of aliphatic imine (C=N–C) groups is 1. The maximum atomic E-state index is 11.5. The molecule has 0 bridgehead atoms. The summed E-state index contributed by atoms with van der Waals surface area (Å²) in [5.41, 5.74) is 0. The van der Waals surface area contributed by atoms with Crippen molar-refractivity contribution in [3.8, 4) is 0 Å². The summed E-state index contributed by atoms with van der Waals surface area (Å²) in [4.78, 5) is 16.0. The zero-order chi connectivity index (χ0) is 14.1. The highest BCUT2D eigenvalue weighted by atomic mass is 32.2. The van der Waals surface area contributed by atoms with Gasteiger partial charge in [0.2, 0.25) is 5.91 Å². The zero-order valence-corrected chi connectivity index (χ0v) is 12.9. The van der Waals surface area contributed by atoms with Crippen molar-refractivity contribution in [2.75, 3.05) is 33.4 Å². The van der Waals surface area contributed by atoms with Gasteiger partial charge < -0.3 is 15.4 Å². The molecule has 6 heteroatoms. The number of ether oxygens (including phenoxy) is 1. The summed E-state index contributed by atoms with van der Waals surface area (Å²) in [7, 11) is 1.62. The zero-order valence-electron chi connectivity index (χ0n) is 12.1. The summed E-state index contributed by atoms with van der Waals surface area (Å²) in [5, 5.41) is 7.34. The van der Waals surface area contributed by atoms with E-state index in [2.05, 4.69) is 29.5 Å². The Labute approximate surface area is 120 Å². The molecule has 1 atom stereocenters. The number of amides is 1. The molecule has 0 fully saturated rings. The molecule has 0 saturated carbocycles. The van der Waals surface area contributed by atoms with Gasteiger partial charge in [-0.3, -0.25) is 9.79 Å². The molecule has 19 heavy (non-hydrogen) atoms. The summed E-state index contributed by atoms with van der Waals surface area (Å²) >= 11 is 1.77. The molecule has 1 amide bonds. The molecule has 1 aliphatic heterocycles. The molecule has 5 nitrogen and oxygen atoms in total. The minimum Gasteiger partial charge on any atom is -0.383 e. The van der Waals surface area contributed by atoms with E-state index < -0.39 is 0 Å². The van der Waals surface area contributed by atoms with Crippen molar-refractivity contribution >= 4 is 22.8 Å². The molecule has 0 aromatic heterocycles. The number of carbonyl (C=O) groups excluding carboxylic acids is 1. The van der Waals surface area contributed by atoms with Crippen molar-refractivity contribution in [2.45, 2.75) is 31.9 Å². The van der Waals surface area contributed by atoms with Gasteiger partial charge in [-0.1, -0.05) is 38.5 Å². The van der Waals surface area contributed by atoms with E-state index >= 15 is 0 Å². The van der Waals surface area contributed by atoms with E-state index in [4.69, 9.17) is 4.74 Å². The molecule has 0 aromatic rings. The highest BCUT2D eigenvalue weighted by Gasteiger charge is 2.25. The second-order valence-corrected chi connectivity index (χ2v) is 5.80. The third-order valence-electron chi connectivity index (χ3n) is 3.28. The summed E-state index contributed by atoms with van der Waals surface area (Å²) in [5.74, 6) is 0.690. The van der Waals surface area contributed by atoms with E-state index in [-0.39, 0.29) is 12.5 Å². The van der Waals surface area contributed by atoms with Gasteiger partial charge in [0, 0.05) is 18.9 Å². The molecular formula is C13H25N3O2S. The fourth-order valence-electron chi connectivity index (χ4n) is 2.06. The van der Waals surface area contributed by atoms with Crippen LogP contribution in [-0.2, 0) is 9.53 Å². The van der Waals surface area contributed by atoms with E-state index in [0.717, 1.165) is 11.7 Å². The van der Waals surface area contributed by atoms with Gasteiger partial charge in [0.25, 0.3) is 0 Å². The SMILES string of the molecule is CCC(CC)C1CN=C(NCC(=O)NCCOC)S1. The van der Waals surface area contributed by atoms with Crippen molar-refractivity contribution in [1.29, 1.82) is 0 Å². The predicted octanol–water partition coefficient (Wildman–Crippen LogP) is 1.25. The molecule has 0 aliphatic carbocycles. The second-order valence-electron chi connectivity index (χ2n) is 4.58. The van der Waals surface area contributed by atoms with Crippen LogP contribution in [0.4, 0.5) is 0 Å². The van der Waals surface area contributed by atoms with Crippen molar-refractivity contribution in [3.05, 3.63) is 0 Å². The average Bonchev–Trinajstić information content (AvgIpc) is 2.87. The number of amidine groups is 1. The Morgan fingerprint density at radius 3 is 2.89 bits per heavy atom. The van der Waals surface area contributed by atoms with Crippen molar-refractivity contribution in [1.82, 2.24) is 10.6 Å².